The van der Waals surface area contributed by atoms with E-state index in [-0.39, 0.29) is 0 Å². The highest BCUT2D eigenvalue weighted by Gasteiger charge is 2.20. The molecule has 1 aliphatic carbocycles. The minimum Gasteiger partial charge on any atom is -0.204 e. The first-order chi connectivity index (χ1) is 13.2. The molecule has 0 bridgehead atoms. The molecule has 0 heterocycles. The summed E-state index contributed by atoms with van der Waals surface area (Å²) >= 11 is 0. The van der Waals surface area contributed by atoms with Gasteiger partial charge in [0.15, 0.2) is 11.6 Å². The summed E-state index contributed by atoms with van der Waals surface area (Å²) in [6.07, 6.45) is 13.6. The van der Waals surface area contributed by atoms with Gasteiger partial charge >= 0.3 is 0 Å². The Hall–Kier alpha value is -1.70. The molecular formula is C25H32F2. The summed E-state index contributed by atoms with van der Waals surface area (Å²) in [6.45, 7) is 2.28. The van der Waals surface area contributed by atoms with Crippen molar-refractivity contribution in [3.8, 4) is 11.1 Å². The minimum absolute atomic E-state index is 0.724. The highest BCUT2D eigenvalue weighted by atomic mass is 19.2. The van der Waals surface area contributed by atoms with Gasteiger partial charge < -0.3 is 0 Å². The quantitative estimate of drug-likeness (QED) is 0.414. The number of benzene rings is 2. The van der Waals surface area contributed by atoms with Gasteiger partial charge in [-0.1, -0.05) is 88.6 Å². The maximum atomic E-state index is 13.4. The number of unbranched alkanes of at least 4 members (excludes halogenated alkanes) is 2. The van der Waals surface area contributed by atoms with Crippen molar-refractivity contribution < 1.29 is 8.78 Å². The van der Waals surface area contributed by atoms with Crippen LogP contribution in [-0.4, -0.2) is 0 Å². The Morgan fingerprint density at radius 1 is 0.741 bits per heavy atom. The molecule has 0 amide bonds. The molecule has 0 spiro atoms. The molecule has 0 saturated heterocycles. The highest BCUT2D eigenvalue weighted by molar-refractivity contribution is 5.63. The first kappa shape index (κ1) is 20.0. The van der Waals surface area contributed by atoms with Crippen LogP contribution in [0, 0.1) is 23.5 Å². The molecule has 27 heavy (non-hydrogen) atoms. The largest absolute Gasteiger partial charge is 0.204 e. The van der Waals surface area contributed by atoms with E-state index < -0.39 is 11.6 Å². The monoisotopic (exact) mass is 370 g/mol. The summed E-state index contributed by atoms with van der Waals surface area (Å²) < 4.78 is 26.5. The molecule has 1 saturated carbocycles. The van der Waals surface area contributed by atoms with Crippen molar-refractivity contribution >= 4 is 0 Å². The van der Waals surface area contributed by atoms with Crippen LogP contribution in [0.3, 0.4) is 0 Å². The van der Waals surface area contributed by atoms with E-state index in [9.17, 15) is 8.78 Å². The lowest BCUT2D eigenvalue weighted by Crippen LogP contribution is -2.15. The Morgan fingerprint density at radius 2 is 1.37 bits per heavy atom. The molecule has 1 aliphatic rings. The lowest BCUT2D eigenvalue weighted by atomic mass is 9.78. The number of hydrogen-bond acceptors (Lipinski definition) is 0. The van der Waals surface area contributed by atoms with Gasteiger partial charge in [0.1, 0.15) is 0 Å². The van der Waals surface area contributed by atoms with Crippen molar-refractivity contribution in [3.63, 3.8) is 0 Å². The molecule has 3 rings (SSSR count). The average Bonchev–Trinajstić information content (AvgIpc) is 2.70. The van der Waals surface area contributed by atoms with Crippen molar-refractivity contribution in [1.29, 1.82) is 0 Å². The molecule has 146 valence electrons. The summed E-state index contributed by atoms with van der Waals surface area (Å²) in [5.74, 6) is 0.263. The highest BCUT2D eigenvalue weighted by Crippen LogP contribution is 2.34. The Kier molecular flexibility index (Phi) is 7.43. The number of rotatable bonds is 8. The summed E-state index contributed by atoms with van der Waals surface area (Å²) in [6, 6.07) is 12.4. The fraction of sp³-hybridized carbons (Fsp3) is 0.520. The van der Waals surface area contributed by atoms with Crippen molar-refractivity contribution in [2.24, 2.45) is 11.8 Å². The van der Waals surface area contributed by atoms with E-state index in [4.69, 9.17) is 0 Å². The summed E-state index contributed by atoms with van der Waals surface area (Å²) in [7, 11) is 0. The first-order valence-corrected chi connectivity index (χ1v) is 10.7. The standard InChI is InChI=1S/C25H32F2/c1-2-3-4-5-19-6-8-20(9-7-19)10-11-21-12-14-22(15-13-21)23-16-17-24(26)25(27)18-23/h12-20H,2-11H2,1H3/t19-,20-. The molecular weight excluding hydrogens is 338 g/mol. The lowest BCUT2D eigenvalue weighted by molar-refractivity contribution is 0.249. The summed E-state index contributed by atoms with van der Waals surface area (Å²) in [5, 5.41) is 0. The van der Waals surface area contributed by atoms with Gasteiger partial charge in [-0.25, -0.2) is 8.78 Å². The molecule has 0 N–H and O–H groups in total. The Labute approximate surface area is 163 Å². The minimum atomic E-state index is -0.796. The SMILES string of the molecule is CCCCC[C@H]1CC[C@H](CCc2ccc(-c3ccc(F)c(F)c3)cc2)CC1. The van der Waals surface area contributed by atoms with Gasteiger partial charge in [0.2, 0.25) is 0 Å². The second-order valence-electron chi connectivity index (χ2n) is 8.25. The Bertz CT molecular complexity index is 697. The van der Waals surface area contributed by atoms with Crippen molar-refractivity contribution in [2.45, 2.75) is 71.1 Å². The van der Waals surface area contributed by atoms with Crippen LogP contribution in [0.25, 0.3) is 11.1 Å². The van der Waals surface area contributed by atoms with E-state index in [0.717, 1.165) is 29.4 Å². The smallest absolute Gasteiger partial charge is 0.159 e. The van der Waals surface area contributed by atoms with Crippen LogP contribution < -0.4 is 0 Å². The van der Waals surface area contributed by atoms with Crippen LogP contribution in [-0.2, 0) is 6.42 Å². The van der Waals surface area contributed by atoms with Gasteiger partial charge in [0.05, 0.1) is 0 Å². The molecule has 1 fully saturated rings. The molecule has 0 aliphatic heterocycles. The number of hydrogen-bond donors (Lipinski definition) is 0. The van der Waals surface area contributed by atoms with Gasteiger partial charge in [-0.15, -0.1) is 0 Å². The van der Waals surface area contributed by atoms with Crippen LogP contribution >= 0.6 is 0 Å². The summed E-state index contributed by atoms with van der Waals surface area (Å²) in [4.78, 5) is 0. The topological polar surface area (TPSA) is 0 Å². The predicted molar refractivity (Wildman–Crippen MR) is 110 cm³/mol. The van der Waals surface area contributed by atoms with Gasteiger partial charge in [0.25, 0.3) is 0 Å². The third kappa shape index (κ3) is 5.89. The molecule has 2 heteroatoms. The van der Waals surface area contributed by atoms with Crippen LogP contribution in [0.5, 0.6) is 0 Å². The van der Waals surface area contributed by atoms with E-state index in [1.165, 1.54) is 75.5 Å². The van der Waals surface area contributed by atoms with Crippen molar-refractivity contribution in [1.82, 2.24) is 0 Å². The van der Waals surface area contributed by atoms with Crippen molar-refractivity contribution in [3.05, 3.63) is 59.7 Å². The van der Waals surface area contributed by atoms with Gasteiger partial charge in [-0.3, -0.25) is 0 Å². The molecule has 2 aromatic rings. The first-order valence-electron chi connectivity index (χ1n) is 10.7. The van der Waals surface area contributed by atoms with Crippen LogP contribution in [0.15, 0.2) is 42.5 Å². The third-order valence-corrected chi connectivity index (χ3v) is 6.23. The number of halogens is 2. The zero-order valence-corrected chi connectivity index (χ0v) is 16.5. The van der Waals surface area contributed by atoms with Gasteiger partial charge in [-0.2, -0.15) is 0 Å². The van der Waals surface area contributed by atoms with Gasteiger partial charge in [0, 0.05) is 0 Å². The Morgan fingerprint density at radius 3 is 2.00 bits per heavy atom. The normalized spacial score (nSPS) is 20.0. The predicted octanol–water partition coefficient (Wildman–Crippen LogP) is 7.95. The molecule has 2 aromatic carbocycles. The van der Waals surface area contributed by atoms with E-state index in [1.807, 2.05) is 12.1 Å². The molecule has 0 atom stereocenters. The number of aryl methyl sites for hydroxylation is 1. The van der Waals surface area contributed by atoms with E-state index in [2.05, 4.69) is 19.1 Å². The molecule has 0 unspecified atom stereocenters. The second kappa shape index (κ2) is 10.0. The zero-order chi connectivity index (χ0) is 19.1. The maximum absolute atomic E-state index is 13.4. The van der Waals surface area contributed by atoms with Gasteiger partial charge in [-0.05, 0) is 53.5 Å². The van der Waals surface area contributed by atoms with E-state index in [1.54, 1.807) is 6.07 Å². The zero-order valence-electron chi connectivity index (χ0n) is 16.5. The Balaban J connectivity index is 1.45. The maximum Gasteiger partial charge on any atom is 0.159 e. The summed E-state index contributed by atoms with van der Waals surface area (Å²) in [5.41, 5.74) is 3.00. The van der Waals surface area contributed by atoms with Crippen molar-refractivity contribution in [2.75, 3.05) is 0 Å². The van der Waals surface area contributed by atoms with Crippen LogP contribution in [0.2, 0.25) is 0 Å². The average molecular weight is 371 g/mol. The third-order valence-electron chi connectivity index (χ3n) is 6.23. The van der Waals surface area contributed by atoms with Crippen LogP contribution in [0.4, 0.5) is 8.78 Å². The molecule has 0 aromatic heterocycles. The van der Waals surface area contributed by atoms with Crippen LogP contribution in [0.1, 0.15) is 70.3 Å². The fourth-order valence-electron chi connectivity index (χ4n) is 4.40. The second-order valence-corrected chi connectivity index (χ2v) is 8.25. The molecule has 0 nitrogen and oxygen atoms in total. The van der Waals surface area contributed by atoms with E-state index in [0.29, 0.717) is 0 Å². The molecule has 0 radical (unpaired) electrons. The fourth-order valence-corrected chi connectivity index (χ4v) is 4.40. The van der Waals surface area contributed by atoms with E-state index >= 15 is 0 Å². The lowest BCUT2D eigenvalue weighted by Gasteiger charge is -2.28.